The van der Waals surface area contributed by atoms with Gasteiger partial charge >= 0.3 is 0 Å². The monoisotopic (exact) mass is 303 g/mol. The zero-order chi connectivity index (χ0) is 15.5. The van der Waals surface area contributed by atoms with Gasteiger partial charge in [0.2, 0.25) is 5.91 Å². The van der Waals surface area contributed by atoms with Crippen LogP contribution >= 0.6 is 0 Å². The van der Waals surface area contributed by atoms with Gasteiger partial charge in [0.1, 0.15) is 5.69 Å². The highest BCUT2D eigenvalue weighted by molar-refractivity contribution is 5.92. The van der Waals surface area contributed by atoms with Crippen molar-refractivity contribution in [1.82, 2.24) is 26.1 Å². The van der Waals surface area contributed by atoms with Crippen LogP contribution in [0.3, 0.4) is 0 Å². The fourth-order valence-corrected chi connectivity index (χ4v) is 3.37. The molecule has 3 rings (SSSR count). The Morgan fingerprint density at radius 2 is 2.27 bits per heavy atom. The number of pyridine rings is 1. The molecule has 2 aliphatic heterocycles. The molecule has 7 nitrogen and oxygen atoms in total. The number of hydrogen-bond acceptors (Lipinski definition) is 5. The maximum Gasteiger partial charge on any atom is 0.272 e. The van der Waals surface area contributed by atoms with Crippen molar-refractivity contribution in [3.63, 3.8) is 0 Å². The summed E-state index contributed by atoms with van der Waals surface area (Å²) in [7, 11) is 1.64. The Hall–Kier alpha value is -1.99. The van der Waals surface area contributed by atoms with Gasteiger partial charge in [-0.25, -0.2) is 0 Å². The first kappa shape index (κ1) is 14.9. The van der Waals surface area contributed by atoms with E-state index in [-0.39, 0.29) is 29.8 Å². The third-order valence-corrected chi connectivity index (χ3v) is 4.47. The van der Waals surface area contributed by atoms with Gasteiger partial charge in [-0.05, 0) is 25.0 Å². The van der Waals surface area contributed by atoms with E-state index in [1.807, 2.05) is 11.0 Å². The summed E-state index contributed by atoms with van der Waals surface area (Å²) in [5.74, 6) is -0.237. The second-order valence-electron chi connectivity index (χ2n) is 5.69. The second-order valence-corrected chi connectivity index (χ2v) is 5.69. The summed E-state index contributed by atoms with van der Waals surface area (Å²) in [6.45, 7) is 1.28. The predicted octanol–water partition coefficient (Wildman–Crippen LogP) is -0.475. The van der Waals surface area contributed by atoms with Crippen LogP contribution in [0.5, 0.6) is 0 Å². The lowest BCUT2D eigenvalue weighted by Gasteiger charge is -2.31. The molecule has 118 valence electrons. The van der Waals surface area contributed by atoms with Gasteiger partial charge in [0, 0.05) is 32.4 Å². The van der Waals surface area contributed by atoms with Gasteiger partial charge in [-0.3, -0.25) is 25.4 Å². The zero-order valence-corrected chi connectivity index (χ0v) is 12.6. The minimum Gasteiger partial charge on any atom is -0.359 e. The molecule has 0 radical (unpaired) electrons. The third-order valence-electron chi connectivity index (χ3n) is 4.47. The molecule has 1 aromatic rings. The molecule has 0 aliphatic carbocycles. The first-order valence-corrected chi connectivity index (χ1v) is 7.64. The SMILES string of the molecule is CNC(=O)C1CNNC1C1CCCN1C(=O)c1ccccn1. The fourth-order valence-electron chi connectivity index (χ4n) is 3.37. The van der Waals surface area contributed by atoms with E-state index in [1.54, 1.807) is 25.4 Å². The molecule has 3 N–H and O–H groups in total. The highest BCUT2D eigenvalue weighted by Crippen LogP contribution is 2.27. The molecule has 0 aromatic carbocycles. The van der Waals surface area contributed by atoms with E-state index in [1.165, 1.54) is 0 Å². The summed E-state index contributed by atoms with van der Waals surface area (Å²) >= 11 is 0. The summed E-state index contributed by atoms with van der Waals surface area (Å²) < 4.78 is 0. The first-order chi connectivity index (χ1) is 10.7. The van der Waals surface area contributed by atoms with Gasteiger partial charge in [-0.2, -0.15) is 0 Å². The van der Waals surface area contributed by atoms with Gasteiger partial charge in [-0.1, -0.05) is 6.07 Å². The molecule has 3 heterocycles. The van der Waals surface area contributed by atoms with Crippen molar-refractivity contribution in [3.8, 4) is 0 Å². The van der Waals surface area contributed by atoms with E-state index in [4.69, 9.17) is 0 Å². The molecule has 0 bridgehead atoms. The van der Waals surface area contributed by atoms with Gasteiger partial charge in [0.05, 0.1) is 12.0 Å². The number of aromatic nitrogens is 1. The van der Waals surface area contributed by atoms with Crippen molar-refractivity contribution in [3.05, 3.63) is 30.1 Å². The second kappa shape index (κ2) is 6.41. The van der Waals surface area contributed by atoms with Crippen LogP contribution in [0.1, 0.15) is 23.3 Å². The minimum absolute atomic E-state index is 0.000338. The molecule has 3 unspecified atom stereocenters. The van der Waals surface area contributed by atoms with Crippen LogP contribution in [0.4, 0.5) is 0 Å². The Morgan fingerprint density at radius 3 is 3.00 bits per heavy atom. The van der Waals surface area contributed by atoms with Crippen molar-refractivity contribution in [2.75, 3.05) is 20.1 Å². The van der Waals surface area contributed by atoms with Gasteiger partial charge in [0.15, 0.2) is 0 Å². The van der Waals surface area contributed by atoms with E-state index < -0.39 is 0 Å². The normalized spacial score (nSPS) is 27.9. The molecule has 2 amide bonds. The number of rotatable bonds is 3. The summed E-state index contributed by atoms with van der Waals surface area (Å²) in [4.78, 5) is 30.7. The van der Waals surface area contributed by atoms with E-state index >= 15 is 0 Å². The van der Waals surface area contributed by atoms with Crippen LogP contribution < -0.4 is 16.2 Å². The topological polar surface area (TPSA) is 86.4 Å². The number of likely N-dealkylation sites (tertiary alicyclic amines) is 1. The summed E-state index contributed by atoms with van der Waals surface area (Å²) in [6, 6.07) is 5.27. The zero-order valence-electron chi connectivity index (χ0n) is 12.6. The minimum atomic E-state index is -0.174. The summed E-state index contributed by atoms with van der Waals surface area (Å²) in [5, 5.41) is 2.70. The van der Waals surface area contributed by atoms with Crippen molar-refractivity contribution < 1.29 is 9.59 Å². The number of amides is 2. The Balaban J connectivity index is 1.78. The van der Waals surface area contributed by atoms with Crippen molar-refractivity contribution >= 4 is 11.8 Å². The highest BCUT2D eigenvalue weighted by atomic mass is 16.2. The molecule has 2 fully saturated rings. The predicted molar refractivity (Wildman–Crippen MR) is 80.8 cm³/mol. The quantitative estimate of drug-likeness (QED) is 0.702. The summed E-state index contributed by atoms with van der Waals surface area (Å²) in [5.41, 5.74) is 6.68. The molecule has 0 saturated carbocycles. The molecule has 2 saturated heterocycles. The van der Waals surface area contributed by atoms with Gasteiger partial charge < -0.3 is 10.2 Å². The van der Waals surface area contributed by atoms with Crippen LogP contribution in [-0.2, 0) is 4.79 Å². The Morgan fingerprint density at radius 1 is 1.41 bits per heavy atom. The number of nitrogens with one attached hydrogen (secondary N) is 3. The number of carbonyl (C=O) groups is 2. The molecule has 2 aliphatic rings. The van der Waals surface area contributed by atoms with Crippen LogP contribution in [-0.4, -0.2) is 53.9 Å². The molecule has 0 spiro atoms. The molecule has 3 atom stereocenters. The molecule has 7 heteroatoms. The number of hydrogen-bond donors (Lipinski definition) is 3. The van der Waals surface area contributed by atoms with E-state index in [0.29, 0.717) is 18.8 Å². The van der Waals surface area contributed by atoms with Gasteiger partial charge in [0.25, 0.3) is 5.91 Å². The number of hydrazine groups is 1. The average molecular weight is 303 g/mol. The Bertz CT molecular complexity index is 550. The third kappa shape index (κ3) is 2.69. The van der Waals surface area contributed by atoms with Crippen molar-refractivity contribution in [2.24, 2.45) is 5.92 Å². The van der Waals surface area contributed by atoms with Gasteiger partial charge in [-0.15, -0.1) is 0 Å². The van der Waals surface area contributed by atoms with Crippen LogP contribution in [0.2, 0.25) is 0 Å². The van der Waals surface area contributed by atoms with Crippen LogP contribution in [0.25, 0.3) is 0 Å². The number of carbonyl (C=O) groups excluding carboxylic acids is 2. The van der Waals surface area contributed by atoms with Crippen molar-refractivity contribution in [2.45, 2.75) is 24.9 Å². The lowest BCUT2D eigenvalue weighted by Crippen LogP contribution is -2.52. The Kier molecular flexibility index (Phi) is 4.35. The van der Waals surface area contributed by atoms with Crippen LogP contribution in [0, 0.1) is 5.92 Å². The van der Waals surface area contributed by atoms with E-state index in [0.717, 1.165) is 12.8 Å². The first-order valence-electron chi connectivity index (χ1n) is 7.64. The van der Waals surface area contributed by atoms with Crippen molar-refractivity contribution in [1.29, 1.82) is 0 Å². The largest absolute Gasteiger partial charge is 0.359 e. The molecular formula is C15H21N5O2. The van der Waals surface area contributed by atoms with Crippen LogP contribution in [0.15, 0.2) is 24.4 Å². The number of nitrogens with zero attached hydrogens (tertiary/aromatic N) is 2. The standard InChI is InChI=1S/C15H21N5O2/c1-16-14(21)10-9-18-19-13(10)12-6-4-8-20(12)15(22)11-5-2-3-7-17-11/h2-3,5,7,10,12-13,18-19H,4,6,8-9H2,1H3,(H,16,21). The highest BCUT2D eigenvalue weighted by Gasteiger charge is 2.43. The Labute approximate surface area is 129 Å². The van der Waals surface area contributed by atoms with E-state index in [2.05, 4.69) is 21.2 Å². The molecule has 1 aromatic heterocycles. The molecular weight excluding hydrogens is 282 g/mol. The lowest BCUT2D eigenvalue weighted by atomic mass is 9.92. The van der Waals surface area contributed by atoms with E-state index in [9.17, 15) is 9.59 Å². The average Bonchev–Trinajstić information content (AvgIpc) is 3.22. The lowest BCUT2D eigenvalue weighted by molar-refractivity contribution is -0.124. The fraction of sp³-hybridized carbons (Fsp3) is 0.533. The maximum atomic E-state index is 12.7. The summed E-state index contributed by atoms with van der Waals surface area (Å²) in [6.07, 6.45) is 3.47. The maximum absolute atomic E-state index is 12.7. The molecule has 22 heavy (non-hydrogen) atoms. The smallest absolute Gasteiger partial charge is 0.272 e.